The number of nitro groups is 1. The number of pyridine rings is 1. The highest BCUT2D eigenvalue weighted by atomic mass is 16.6. The second-order valence-corrected chi connectivity index (χ2v) is 3.75. The first kappa shape index (κ1) is 9.03. The van der Waals surface area contributed by atoms with Crippen LogP contribution in [0, 0.1) is 10.1 Å². The summed E-state index contributed by atoms with van der Waals surface area (Å²) in [5, 5.41) is 10.9. The molecule has 16 heavy (non-hydrogen) atoms. The molecule has 0 saturated heterocycles. The zero-order valence-corrected chi connectivity index (χ0v) is 8.38. The van der Waals surface area contributed by atoms with Crippen molar-refractivity contribution in [1.82, 2.24) is 4.98 Å². The lowest BCUT2D eigenvalue weighted by Gasteiger charge is -1.99. The number of nitrogens with zero attached hydrogens (tertiary/aromatic N) is 2. The lowest BCUT2D eigenvalue weighted by molar-refractivity contribution is -0.390. The molecule has 0 atom stereocenters. The van der Waals surface area contributed by atoms with Crippen LogP contribution in [0.3, 0.4) is 0 Å². The number of fused-ring (bicyclic) bond motifs is 3. The first-order valence-electron chi connectivity index (χ1n) is 4.98. The van der Waals surface area contributed by atoms with Crippen molar-refractivity contribution in [3.05, 3.63) is 57.8 Å². The molecule has 3 rings (SSSR count). The van der Waals surface area contributed by atoms with E-state index in [1.807, 2.05) is 30.3 Å². The molecule has 0 bridgehead atoms. The molecule has 0 spiro atoms. The molecule has 4 heteroatoms. The molecule has 0 fully saturated rings. The summed E-state index contributed by atoms with van der Waals surface area (Å²) in [5.74, 6) is -0.0197. The molecule has 4 nitrogen and oxygen atoms in total. The van der Waals surface area contributed by atoms with Gasteiger partial charge in [0.25, 0.3) is 0 Å². The van der Waals surface area contributed by atoms with E-state index in [9.17, 15) is 10.1 Å². The van der Waals surface area contributed by atoms with E-state index in [-0.39, 0.29) is 5.82 Å². The predicted molar refractivity (Wildman–Crippen MR) is 59.1 cm³/mol. The third-order valence-electron chi connectivity index (χ3n) is 2.88. The molecule has 0 unspecified atom stereocenters. The van der Waals surface area contributed by atoms with Crippen molar-refractivity contribution in [1.29, 1.82) is 0 Å². The molecule has 0 radical (unpaired) electrons. The quantitative estimate of drug-likeness (QED) is 0.460. The lowest BCUT2D eigenvalue weighted by Crippen LogP contribution is -1.96. The van der Waals surface area contributed by atoms with Gasteiger partial charge in [-0.05, 0) is 32.7 Å². The van der Waals surface area contributed by atoms with Gasteiger partial charge < -0.3 is 10.1 Å². The maximum absolute atomic E-state index is 10.9. The Kier molecular flexibility index (Phi) is 1.77. The van der Waals surface area contributed by atoms with E-state index < -0.39 is 4.92 Å². The van der Waals surface area contributed by atoms with E-state index in [4.69, 9.17) is 0 Å². The molecule has 0 N–H and O–H groups in total. The van der Waals surface area contributed by atoms with E-state index in [0.717, 1.165) is 22.3 Å². The average molecular weight is 212 g/mol. The van der Waals surface area contributed by atoms with Gasteiger partial charge in [0.15, 0.2) is 0 Å². The van der Waals surface area contributed by atoms with Crippen LogP contribution >= 0.6 is 0 Å². The van der Waals surface area contributed by atoms with E-state index in [1.54, 1.807) is 0 Å². The van der Waals surface area contributed by atoms with Crippen LogP contribution in [-0.4, -0.2) is 9.91 Å². The molecular formula is C12H8N2O2. The first-order valence-corrected chi connectivity index (χ1v) is 4.98. The molecule has 1 aromatic heterocycles. The van der Waals surface area contributed by atoms with Gasteiger partial charge in [0.1, 0.15) is 6.20 Å². The summed E-state index contributed by atoms with van der Waals surface area (Å²) >= 11 is 0. The average Bonchev–Trinajstić information content (AvgIpc) is 2.67. The van der Waals surface area contributed by atoms with E-state index >= 15 is 0 Å². The number of aromatic nitrogens is 1. The molecule has 1 heterocycles. The van der Waals surface area contributed by atoms with Gasteiger partial charge in [0, 0.05) is 6.42 Å². The SMILES string of the molecule is O=[N+]([O-])c1nccc2c1Cc1ccccc1-2. The second kappa shape index (κ2) is 3.13. The summed E-state index contributed by atoms with van der Waals surface area (Å²) in [6.07, 6.45) is 2.11. The Labute approximate surface area is 91.7 Å². The first-order chi connectivity index (χ1) is 7.77. The van der Waals surface area contributed by atoms with Gasteiger partial charge >= 0.3 is 5.82 Å². The number of rotatable bonds is 1. The van der Waals surface area contributed by atoms with Crippen molar-refractivity contribution in [2.45, 2.75) is 6.42 Å². The van der Waals surface area contributed by atoms with Gasteiger partial charge in [-0.2, -0.15) is 0 Å². The van der Waals surface area contributed by atoms with Crippen LogP contribution in [-0.2, 0) is 6.42 Å². The Morgan fingerprint density at radius 2 is 2.00 bits per heavy atom. The van der Waals surface area contributed by atoms with E-state index in [2.05, 4.69) is 4.98 Å². The van der Waals surface area contributed by atoms with Crippen molar-refractivity contribution in [2.75, 3.05) is 0 Å². The van der Waals surface area contributed by atoms with E-state index in [0.29, 0.717) is 6.42 Å². The van der Waals surface area contributed by atoms with Gasteiger partial charge in [-0.25, -0.2) is 0 Å². The van der Waals surface area contributed by atoms with Gasteiger partial charge in [-0.1, -0.05) is 24.3 Å². The van der Waals surface area contributed by atoms with Crippen molar-refractivity contribution in [2.24, 2.45) is 0 Å². The topological polar surface area (TPSA) is 56.0 Å². The van der Waals surface area contributed by atoms with Crippen LogP contribution in [0.4, 0.5) is 5.82 Å². The summed E-state index contributed by atoms with van der Waals surface area (Å²) in [6, 6.07) is 9.72. The highest BCUT2D eigenvalue weighted by Crippen LogP contribution is 2.39. The fourth-order valence-electron chi connectivity index (χ4n) is 2.19. The van der Waals surface area contributed by atoms with Crippen molar-refractivity contribution in [3.8, 4) is 11.1 Å². The molecule has 1 aliphatic rings. The molecule has 1 aliphatic carbocycles. The Balaban J connectivity index is 2.28. The normalized spacial score (nSPS) is 12.0. The summed E-state index contributed by atoms with van der Waals surface area (Å²) in [7, 11) is 0. The highest BCUT2D eigenvalue weighted by molar-refractivity contribution is 5.78. The summed E-state index contributed by atoms with van der Waals surface area (Å²) in [5.41, 5.74) is 3.89. The molecule has 0 amide bonds. The molecule has 78 valence electrons. The van der Waals surface area contributed by atoms with Crippen LogP contribution in [0.15, 0.2) is 36.5 Å². The van der Waals surface area contributed by atoms with Crippen LogP contribution in [0.1, 0.15) is 11.1 Å². The Morgan fingerprint density at radius 1 is 1.19 bits per heavy atom. The molecule has 0 saturated carbocycles. The Bertz CT molecular complexity index is 593. The highest BCUT2D eigenvalue weighted by Gasteiger charge is 2.26. The molecule has 2 aromatic rings. The minimum atomic E-state index is -0.412. The molecule has 0 aliphatic heterocycles. The zero-order chi connectivity index (χ0) is 11.1. The third kappa shape index (κ3) is 1.13. The lowest BCUT2D eigenvalue weighted by atomic mass is 10.1. The number of benzene rings is 1. The molecule has 1 aromatic carbocycles. The van der Waals surface area contributed by atoms with Crippen LogP contribution in [0.2, 0.25) is 0 Å². The molecular weight excluding hydrogens is 204 g/mol. The van der Waals surface area contributed by atoms with E-state index in [1.165, 1.54) is 6.20 Å². The Morgan fingerprint density at radius 3 is 2.81 bits per heavy atom. The summed E-state index contributed by atoms with van der Waals surface area (Å²) in [4.78, 5) is 14.3. The third-order valence-corrected chi connectivity index (χ3v) is 2.88. The smallest absolute Gasteiger partial charge is 0.358 e. The van der Waals surface area contributed by atoms with Crippen LogP contribution in [0.5, 0.6) is 0 Å². The van der Waals surface area contributed by atoms with Crippen molar-refractivity contribution in [3.63, 3.8) is 0 Å². The van der Waals surface area contributed by atoms with Gasteiger partial charge in [-0.3, -0.25) is 0 Å². The second-order valence-electron chi connectivity index (χ2n) is 3.75. The summed E-state index contributed by atoms with van der Waals surface area (Å²) in [6.45, 7) is 0. The van der Waals surface area contributed by atoms with Gasteiger partial charge in [0.2, 0.25) is 0 Å². The fourth-order valence-corrected chi connectivity index (χ4v) is 2.19. The number of hydrogen-bond acceptors (Lipinski definition) is 3. The standard InChI is InChI=1S/C12H8N2O2/c15-14(16)12-11-7-8-3-1-2-4-9(8)10(11)5-6-13-12/h1-6H,7H2. The Hall–Kier alpha value is -2.23. The largest absolute Gasteiger partial charge is 0.367 e. The summed E-state index contributed by atoms with van der Waals surface area (Å²) < 4.78 is 0. The van der Waals surface area contributed by atoms with Crippen molar-refractivity contribution >= 4 is 5.82 Å². The zero-order valence-electron chi connectivity index (χ0n) is 8.38. The fraction of sp³-hybridized carbons (Fsp3) is 0.0833. The minimum Gasteiger partial charge on any atom is -0.358 e. The minimum absolute atomic E-state index is 0.0197. The van der Waals surface area contributed by atoms with Crippen LogP contribution in [0.25, 0.3) is 11.1 Å². The number of hydrogen-bond donors (Lipinski definition) is 0. The van der Waals surface area contributed by atoms with Gasteiger partial charge in [-0.15, -0.1) is 0 Å². The van der Waals surface area contributed by atoms with Crippen molar-refractivity contribution < 1.29 is 4.92 Å². The maximum atomic E-state index is 10.9. The predicted octanol–water partition coefficient (Wildman–Crippen LogP) is 2.56. The van der Waals surface area contributed by atoms with Gasteiger partial charge in [0.05, 0.1) is 5.56 Å². The maximum Gasteiger partial charge on any atom is 0.367 e. The monoisotopic (exact) mass is 212 g/mol. The van der Waals surface area contributed by atoms with Crippen LogP contribution < -0.4 is 0 Å².